The second-order valence-electron chi connectivity index (χ2n) is 8.18. The third-order valence-corrected chi connectivity index (χ3v) is 6.24. The summed E-state index contributed by atoms with van der Waals surface area (Å²) in [6.45, 7) is 0.544. The lowest BCUT2D eigenvalue weighted by Gasteiger charge is -2.32. The normalized spacial score (nSPS) is 21.3. The Morgan fingerprint density at radius 2 is 1.57 bits per heavy atom. The Bertz CT molecular complexity index is 837. The number of hydrogen-bond acceptors (Lipinski definition) is 5. The van der Waals surface area contributed by atoms with Gasteiger partial charge in [0.25, 0.3) is 0 Å². The van der Waals surface area contributed by atoms with E-state index < -0.39 is 5.79 Å². The highest BCUT2D eigenvalue weighted by Gasteiger charge is 2.43. The highest BCUT2D eigenvalue weighted by atomic mass is 16.7. The minimum Gasteiger partial charge on any atom is -0.497 e. The molecule has 2 atom stereocenters. The van der Waals surface area contributed by atoms with Crippen molar-refractivity contribution in [3.8, 4) is 11.5 Å². The zero-order valence-corrected chi connectivity index (χ0v) is 17.8. The smallest absolute Gasteiger partial charge is 0.170 e. The number of rotatable bonds is 7. The fraction of sp³-hybridized carbons (Fsp3) is 0.480. The molecule has 1 aliphatic carbocycles. The topological polar surface area (TPSA) is 54.0 Å². The van der Waals surface area contributed by atoms with Crippen LogP contribution in [0.25, 0.3) is 0 Å². The molecule has 1 saturated carbocycles. The quantitative estimate of drug-likeness (QED) is 0.592. The standard InChI is InChI=1S/C25H30O5/c1-27-20-10-6-18(7-11-20)23(24(26)19-8-12-21(28-2)13-9-19)16-22-17-29-25(30-22)14-4-3-5-15-25/h6-13,22-23H,3-5,14-17H2,1-2H3. The molecular formula is C25H30O5. The molecule has 2 aromatic rings. The number of Topliss-reactive ketones (excluding diaryl/α,β-unsaturated/α-hetero) is 1. The molecule has 0 aromatic heterocycles. The number of carbonyl (C=O) groups is 1. The van der Waals surface area contributed by atoms with Crippen molar-refractivity contribution in [2.45, 2.75) is 56.3 Å². The highest BCUT2D eigenvalue weighted by Crippen LogP contribution is 2.40. The van der Waals surface area contributed by atoms with Gasteiger partial charge in [0, 0.05) is 24.3 Å². The fourth-order valence-electron chi connectivity index (χ4n) is 4.54. The summed E-state index contributed by atoms with van der Waals surface area (Å²) in [5.41, 5.74) is 1.63. The third kappa shape index (κ3) is 4.52. The zero-order chi connectivity index (χ0) is 21.0. The van der Waals surface area contributed by atoms with Gasteiger partial charge in [-0.3, -0.25) is 4.79 Å². The van der Waals surface area contributed by atoms with Gasteiger partial charge in [-0.2, -0.15) is 0 Å². The van der Waals surface area contributed by atoms with Crippen molar-refractivity contribution in [2.75, 3.05) is 20.8 Å². The molecule has 1 heterocycles. The van der Waals surface area contributed by atoms with Gasteiger partial charge < -0.3 is 18.9 Å². The molecule has 1 saturated heterocycles. The molecule has 0 N–H and O–H groups in total. The van der Waals surface area contributed by atoms with Crippen LogP contribution in [0.15, 0.2) is 48.5 Å². The second-order valence-corrected chi connectivity index (χ2v) is 8.18. The van der Waals surface area contributed by atoms with Gasteiger partial charge in [0.2, 0.25) is 0 Å². The van der Waals surface area contributed by atoms with Gasteiger partial charge in [0.15, 0.2) is 11.6 Å². The molecule has 0 amide bonds. The van der Waals surface area contributed by atoms with Crippen LogP contribution in [-0.2, 0) is 9.47 Å². The lowest BCUT2D eigenvalue weighted by Crippen LogP contribution is -2.33. The lowest BCUT2D eigenvalue weighted by molar-refractivity contribution is -0.187. The number of carbonyl (C=O) groups excluding carboxylic acids is 1. The summed E-state index contributed by atoms with van der Waals surface area (Å²) in [5, 5.41) is 0. The first-order valence-corrected chi connectivity index (χ1v) is 10.8. The number of benzene rings is 2. The molecule has 2 aromatic carbocycles. The van der Waals surface area contributed by atoms with E-state index in [-0.39, 0.29) is 17.8 Å². The maximum Gasteiger partial charge on any atom is 0.170 e. The maximum atomic E-state index is 13.5. The summed E-state index contributed by atoms with van der Waals surface area (Å²) in [6, 6.07) is 15.0. The van der Waals surface area contributed by atoms with Crippen molar-refractivity contribution in [3.05, 3.63) is 59.7 Å². The lowest BCUT2D eigenvalue weighted by atomic mass is 9.86. The summed E-state index contributed by atoms with van der Waals surface area (Å²) in [6.07, 6.45) is 5.92. The molecule has 160 valence electrons. The van der Waals surface area contributed by atoms with Crippen LogP contribution in [0.5, 0.6) is 11.5 Å². The van der Waals surface area contributed by atoms with Crippen LogP contribution in [0.4, 0.5) is 0 Å². The van der Waals surface area contributed by atoms with Gasteiger partial charge in [0.05, 0.1) is 26.9 Å². The summed E-state index contributed by atoms with van der Waals surface area (Å²) >= 11 is 0. The first kappa shape index (κ1) is 20.9. The molecule has 4 rings (SSSR count). The second kappa shape index (κ2) is 9.19. The SMILES string of the molecule is COc1ccc(C(=O)C(CC2COC3(CCCCC3)O2)c2ccc(OC)cc2)cc1. The maximum absolute atomic E-state index is 13.5. The molecule has 2 aliphatic rings. The van der Waals surface area contributed by atoms with Crippen LogP contribution >= 0.6 is 0 Å². The van der Waals surface area contributed by atoms with E-state index in [2.05, 4.69) is 0 Å². The van der Waals surface area contributed by atoms with Crippen LogP contribution in [0.2, 0.25) is 0 Å². The van der Waals surface area contributed by atoms with Gasteiger partial charge >= 0.3 is 0 Å². The summed E-state index contributed by atoms with van der Waals surface area (Å²) < 4.78 is 23.0. The molecule has 1 spiro atoms. The van der Waals surface area contributed by atoms with Crippen molar-refractivity contribution in [1.82, 2.24) is 0 Å². The van der Waals surface area contributed by atoms with Gasteiger partial charge in [0.1, 0.15) is 11.5 Å². The van der Waals surface area contributed by atoms with E-state index >= 15 is 0 Å². The summed E-state index contributed by atoms with van der Waals surface area (Å²) in [4.78, 5) is 13.5. The number of ether oxygens (including phenoxy) is 4. The van der Waals surface area contributed by atoms with E-state index in [1.54, 1.807) is 14.2 Å². The Balaban J connectivity index is 1.55. The molecule has 5 nitrogen and oxygen atoms in total. The van der Waals surface area contributed by atoms with Gasteiger partial charge in [-0.05, 0) is 61.2 Å². The van der Waals surface area contributed by atoms with Crippen molar-refractivity contribution < 1.29 is 23.7 Å². The van der Waals surface area contributed by atoms with Gasteiger partial charge in [-0.25, -0.2) is 0 Å². The van der Waals surface area contributed by atoms with E-state index in [4.69, 9.17) is 18.9 Å². The Morgan fingerprint density at radius 1 is 0.967 bits per heavy atom. The van der Waals surface area contributed by atoms with E-state index in [1.807, 2.05) is 48.5 Å². The molecule has 2 unspecified atom stereocenters. The minimum atomic E-state index is -0.434. The molecule has 0 radical (unpaired) electrons. The summed E-state index contributed by atoms with van der Waals surface area (Å²) in [7, 11) is 3.26. The van der Waals surface area contributed by atoms with E-state index in [0.29, 0.717) is 18.6 Å². The van der Waals surface area contributed by atoms with Crippen molar-refractivity contribution >= 4 is 5.78 Å². The first-order chi connectivity index (χ1) is 14.6. The van der Waals surface area contributed by atoms with E-state index in [9.17, 15) is 4.79 Å². The number of hydrogen-bond donors (Lipinski definition) is 0. The van der Waals surface area contributed by atoms with Gasteiger partial charge in [-0.15, -0.1) is 0 Å². The largest absolute Gasteiger partial charge is 0.497 e. The third-order valence-electron chi connectivity index (χ3n) is 6.24. The molecule has 0 bridgehead atoms. The van der Waals surface area contributed by atoms with Crippen LogP contribution < -0.4 is 9.47 Å². The number of ketones is 1. The van der Waals surface area contributed by atoms with Crippen LogP contribution in [0.1, 0.15) is 60.4 Å². The highest BCUT2D eigenvalue weighted by molar-refractivity contribution is 6.01. The Morgan fingerprint density at radius 3 is 2.17 bits per heavy atom. The molecule has 5 heteroatoms. The summed E-state index contributed by atoms with van der Waals surface area (Å²) in [5.74, 6) is 0.847. The van der Waals surface area contributed by atoms with Crippen molar-refractivity contribution in [3.63, 3.8) is 0 Å². The Hall–Kier alpha value is -2.37. The van der Waals surface area contributed by atoms with E-state index in [1.165, 1.54) is 6.42 Å². The average Bonchev–Trinajstić information content (AvgIpc) is 3.19. The average molecular weight is 411 g/mol. The first-order valence-electron chi connectivity index (χ1n) is 10.8. The predicted octanol–water partition coefficient (Wildman–Crippen LogP) is 5.14. The molecule has 2 fully saturated rings. The molecule has 30 heavy (non-hydrogen) atoms. The minimum absolute atomic E-state index is 0.0796. The monoisotopic (exact) mass is 410 g/mol. The van der Waals surface area contributed by atoms with Gasteiger partial charge in [-0.1, -0.05) is 18.6 Å². The van der Waals surface area contributed by atoms with Crippen molar-refractivity contribution in [1.29, 1.82) is 0 Å². The van der Waals surface area contributed by atoms with Crippen molar-refractivity contribution in [2.24, 2.45) is 0 Å². The zero-order valence-electron chi connectivity index (χ0n) is 17.8. The predicted molar refractivity (Wildman–Crippen MR) is 114 cm³/mol. The number of methoxy groups -OCH3 is 2. The van der Waals surface area contributed by atoms with Crippen LogP contribution in [0.3, 0.4) is 0 Å². The Labute approximate surface area is 178 Å². The molecular weight excluding hydrogens is 380 g/mol. The van der Waals surface area contributed by atoms with E-state index in [0.717, 1.165) is 42.7 Å². The molecule has 1 aliphatic heterocycles. The fourth-order valence-corrected chi connectivity index (χ4v) is 4.54. The Kier molecular flexibility index (Phi) is 6.40. The van der Waals surface area contributed by atoms with Crippen LogP contribution in [0, 0.1) is 0 Å². The van der Waals surface area contributed by atoms with Crippen LogP contribution in [-0.4, -0.2) is 38.5 Å².